The topological polar surface area (TPSA) is 29.5 Å². The number of hydrogen-bond acceptors (Lipinski definition) is 2. The standard InChI is InChI=1S/C11H12O2/c1-4-8(2)10-6-5-9(12)7-11(10)13-3/h1,5-8,12H,2-3H3. The summed E-state index contributed by atoms with van der Waals surface area (Å²) in [7, 11) is 1.56. The van der Waals surface area contributed by atoms with E-state index in [0.29, 0.717) is 5.75 Å². The largest absolute Gasteiger partial charge is 0.508 e. The average Bonchev–Trinajstić information content (AvgIpc) is 2.16. The fourth-order valence-corrected chi connectivity index (χ4v) is 1.15. The van der Waals surface area contributed by atoms with Crippen molar-refractivity contribution >= 4 is 0 Å². The highest BCUT2D eigenvalue weighted by Gasteiger charge is 2.08. The lowest BCUT2D eigenvalue weighted by Crippen LogP contribution is -1.94. The van der Waals surface area contributed by atoms with Gasteiger partial charge in [0, 0.05) is 17.5 Å². The number of ether oxygens (including phenoxy) is 1. The van der Waals surface area contributed by atoms with E-state index in [4.69, 9.17) is 11.2 Å². The third kappa shape index (κ3) is 1.94. The molecule has 2 nitrogen and oxygen atoms in total. The van der Waals surface area contributed by atoms with E-state index in [-0.39, 0.29) is 11.7 Å². The molecule has 0 heterocycles. The molecule has 1 atom stereocenters. The molecular formula is C11H12O2. The minimum Gasteiger partial charge on any atom is -0.508 e. The van der Waals surface area contributed by atoms with E-state index >= 15 is 0 Å². The molecule has 1 N–H and O–H groups in total. The predicted octanol–water partition coefficient (Wildman–Crippen LogP) is 2.14. The molecule has 0 amide bonds. The van der Waals surface area contributed by atoms with Crippen LogP contribution in [0.25, 0.3) is 0 Å². The zero-order valence-electron chi connectivity index (χ0n) is 7.74. The van der Waals surface area contributed by atoms with Crippen molar-refractivity contribution in [1.29, 1.82) is 0 Å². The Morgan fingerprint density at radius 3 is 2.77 bits per heavy atom. The number of aromatic hydroxyl groups is 1. The second kappa shape index (κ2) is 3.86. The van der Waals surface area contributed by atoms with E-state index in [2.05, 4.69) is 5.92 Å². The van der Waals surface area contributed by atoms with Gasteiger partial charge in [0.25, 0.3) is 0 Å². The maximum absolute atomic E-state index is 9.19. The van der Waals surface area contributed by atoms with Gasteiger partial charge >= 0.3 is 0 Å². The first-order valence-corrected chi connectivity index (χ1v) is 4.02. The Balaban J connectivity index is 3.15. The van der Waals surface area contributed by atoms with Crippen LogP contribution >= 0.6 is 0 Å². The zero-order chi connectivity index (χ0) is 9.84. The van der Waals surface area contributed by atoms with Gasteiger partial charge in [0.2, 0.25) is 0 Å². The Hall–Kier alpha value is -1.62. The maximum atomic E-state index is 9.19. The molecule has 0 aliphatic carbocycles. The van der Waals surface area contributed by atoms with Gasteiger partial charge in [-0.1, -0.05) is 12.0 Å². The number of benzene rings is 1. The number of terminal acetylenes is 1. The molecule has 0 aromatic heterocycles. The molecule has 0 aliphatic heterocycles. The van der Waals surface area contributed by atoms with Crippen molar-refractivity contribution in [3.8, 4) is 23.8 Å². The van der Waals surface area contributed by atoms with E-state index in [1.54, 1.807) is 25.3 Å². The summed E-state index contributed by atoms with van der Waals surface area (Å²) in [6.07, 6.45) is 5.30. The lowest BCUT2D eigenvalue weighted by molar-refractivity contribution is 0.402. The van der Waals surface area contributed by atoms with Crippen LogP contribution in [-0.4, -0.2) is 12.2 Å². The van der Waals surface area contributed by atoms with Gasteiger partial charge in [0.15, 0.2) is 0 Å². The fraction of sp³-hybridized carbons (Fsp3) is 0.273. The molecule has 0 bridgehead atoms. The summed E-state index contributed by atoms with van der Waals surface area (Å²) in [5, 5.41) is 9.19. The number of hydrogen-bond donors (Lipinski definition) is 1. The molecule has 1 unspecified atom stereocenters. The minimum atomic E-state index is -0.00412. The Morgan fingerprint density at radius 1 is 1.54 bits per heavy atom. The van der Waals surface area contributed by atoms with Crippen molar-refractivity contribution in [2.75, 3.05) is 7.11 Å². The van der Waals surface area contributed by atoms with Crippen molar-refractivity contribution in [3.05, 3.63) is 23.8 Å². The lowest BCUT2D eigenvalue weighted by Gasteiger charge is -2.10. The summed E-state index contributed by atoms with van der Waals surface area (Å²) >= 11 is 0. The van der Waals surface area contributed by atoms with Gasteiger partial charge in [-0.25, -0.2) is 0 Å². The monoisotopic (exact) mass is 176 g/mol. The highest BCUT2D eigenvalue weighted by molar-refractivity contribution is 5.44. The molecule has 0 aliphatic rings. The third-order valence-corrected chi connectivity index (χ3v) is 1.93. The second-order valence-electron chi connectivity index (χ2n) is 2.81. The third-order valence-electron chi connectivity index (χ3n) is 1.93. The Labute approximate surface area is 78.2 Å². The fourth-order valence-electron chi connectivity index (χ4n) is 1.15. The van der Waals surface area contributed by atoms with Gasteiger partial charge in [-0.05, 0) is 13.0 Å². The molecule has 0 saturated heterocycles. The summed E-state index contributed by atoms with van der Waals surface area (Å²) in [5.74, 6) is 3.42. The van der Waals surface area contributed by atoms with Crippen LogP contribution in [0.15, 0.2) is 18.2 Å². The first kappa shape index (κ1) is 9.47. The summed E-state index contributed by atoms with van der Waals surface area (Å²) in [4.78, 5) is 0. The van der Waals surface area contributed by atoms with Gasteiger partial charge in [-0.15, -0.1) is 6.42 Å². The quantitative estimate of drug-likeness (QED) is 0.699. The molecule has 1 aromatic carbocycles. The van der Waals surface area contributed by atoms with Crippen LogP contribution in [0.5, 0.6) is 11.5 Å². The Kier molecular flexibility index (Phi) is 2.81. The first-order chi connectivity index (χ1) is 6.19. The second-order valence-corrected chi connectivity index (χ2v) is 2.81. The molecule has 2 heteroatoms. The van der Waals surface area contributed by atoms with Gasteiger partial charge in [0.1, 0.15) is 11.5 Å². The SMILES string of the molecule is C#CC(C)c1ccc(O)cc1OC. The predicted molar refractivity (Wildman–Crippen MR) is 51.9 cm³/mol. The molecule has 0 radical (unpaired) electrons. The van der Waals surface area contributed by atoms with E-state index in [1.807, 2.05) is 6.92 Å². The van der Waals surface area contributed by atoms with Crippen molar-refractivity contribution in [2.24, 2.45) is 0 Å². The van der Waals surface area contributed by atoms with E-state index in [1.165, 1.54) is 0 Å². The summed E-state index contributed by atoms with van der Waals surface area (Å²) in [6.45, 7) is 1.91. The van der Waals surface area contributed by atoms with Crippen LogP contribution < -0.4 is 4.74 Å². The van der Waals surface area contributed by atoms with Crippen LogP contribution in [0.3, 0.4) is 0 Å². The molecule has 1 rings (SSSR count). The van der Waals surface area contributed by atoms with E-state index in [9.17, 15) is 5.11 Å². The number of methoxy groups -OCH3 is 1. The highest BCUT2D eigenvalue weighted by atomic mass is 16.5. The highest BCUT2D eigenvalue weighted by Crippen LogP contribution is 2.29. The van der Waals surface area contributed by atoms with Gasteiger partial charge < -0.3 is 9.84 Å². The molecule has 0 fully saturated rings. The van der Waals surface area contributed by atoms with Crippen molar-refractivity contribution < 1.29 is 9.84 Å². The van der Waals surface area contributed by atoms with Crippen LogP contribution in [0.1, 0.15) is 18.4 Å². The van der Waals surface area contributed by atoms with Crippen molar-refractivity contribution in [2.45, 2.75) is 12.8 Å². The number of phenols is 1. The molecular weight excluding hydrogens is 164 g/mol. The van der Waals surface area contributed by atoms with Crippen LogP contribution in [-0.2, 0) is 0 Å². The number of rotatable bonds is 2. The minimum absolute atomic E-state index is 0.00412. The normalized spacial score (nSPS) is 11.8. The van der Waals surface area contributed by atoms with Crippen LogP contribution in [0, 0.1) is 12.3 Å². The molecule has 0 saturated carbocycles. The summed E-state index contributed by atoms with van der Waals surface area (Å²) in [5.41, 5.74) is 0.919. The molecule has 0 spiro atoms. The smallest absolute Gasteiger partial charge is 0.126 e. The maximum Gasteiger partial charge on any atom is 0.126 e. The van der Waals surface area contributed by atoms with E-state index in [0.717, 1.165) is 5.56 Å². The summed E-state index contributed by atoms with van der Waals surface area (Å²) < 4.78 is 5.09. The zero-order valence-corrected chi connectivity index (χ0v) is 7.74. The van der Waals surface area contributed by atoms with Crippen molar-refractivity contribution in [3.63, 3.8) is 0 Å². The van der Waals surface area contributed by atoms with E-state index < -0.39 is 0 Å². The van der Waals surface area contributed by atoms with Crippen LogP contribution in [0.4, 0.5) is 0 Å². The lowest BCUT2D eigenvalue weighted by atomic mass is 10.0. The molecule has 68 valence electrons. The summed E-state index contributed by atoms with van der Waals surface area (Å²) in [6, 6.07) is 4.94. The first-order valence-electron chi connectivity index (χ1n) is 4.02. The molecule has 13 heavy (non-hydrogen) atoms. The Morgan fingerprint density at radius 2 is 2.23 bits per heavy atom. The van der Waals surface area contributed by atoms with Crippen LogP contribution in [0.2, 0.25) is 0 Å². The average molecular weight is 176 g/mol. The van der Waals surface area contributed by atoms with Gasteiger partial charge in [-0.2, -0.15) is 0 Å². The van der Waals surface area contributed by atoms with Crippen molar-refractivity contribution in [1.82, 2.24) is 0 Å². The van der Waals surface area contributed by atoms with Gasteiger partial charge in [0.05, 0.1) is 7.11 Å². The molecule has 1 aromatic rings. The number of phenolic OH excluding ortho intramolecular Hbond substituents is 1. The Bertz CT molecular complexity index is 336. The van der Waals surface area contributed by atoms with Gasteiger partial charge in [-0.3, -0.25) is 0 Å².